The summed E-state index contributed by atoms with van der Waals surface area (Å²) < 4.78 is 2.13. The monoisotopic (exact) mass is 358 g/mol. The molecule has 1 spiro atoms. The van der Waals surface area contributed by atoms with Crippen molar-refractivity contribution >= 4 is 5.91 Å². The predicted molar refractivity (Wildman–Crippen MR) is 103 cm³/mol. The van der Waals surface area contributed by atoms with Gasteiger partial charge in [-0.25, -0.2) is 4.98 Å². The number of likely N-dealkylation sites (tertiary alicyclic amines) is 2. The zero-order valence-corrected chi connectivity index (χ0v) is 16.3. The Morgan fingerprint density at radius 2 is 1.81 bits per heavy atom. The lowest BCUT2D eigenvalue weighted by molar-refractivity contribution is -0.131. The molecule has 1 aromatic rings. The van der Waals surface area contributed by atoms with E-state index in [0.29, 0.717) is 17.2 Å². The summed E-state index contributed by atoms with van der Waals surface area (Å²) in [5.74, 6) is 2.23. The molecule has 5 nitrogen and oxygen atoms in total. The maximum absolute atomic E-state index is 12.4. The number of aromatic nitrogens is 2. The molecule has 3 fully saturated rings. The standard InChI is InChI=1S/C21H34N4O/c1-23-15-10-22-19(23)17-24-13-8-21(9-14-24)6-4-18(5-7-21)16-20(26)25-11-2-3-12-25/h10,15,18H,2-9,11-14,16-17H2,1H3. The van der Waals surface area contributed by atoms with E-state index in [9.17, 15) is 4.79 Å². The zero-order chi connectivity index (χ0) is 18.0. The Labute approximate surface area is 157 Å². The molecule has 2 saturated heterocycles. The Morgan fingerprint density at radius 1 is 1.12 bits per heavy atom. The maximum atomic E-state index is 12.4. The van der Waals surface area contributed by atoms with Gasteiger partial charge in [-0.15, -0.1) is 0 Å². The lowest BCUT2D eigenvalue weighted by Crippen LogP contribution is -2.42. The van der Waals surface area contributed by atoms with E-state index in [1.165, 1.54) is 70.3 Å². The SMILES string of the molecule is Cn1ccnc1CN1CCC2(CCC(CC(=O)N3CCCC3)CC2)CC1. The van der Waals surface area contributed by atoms with Crippen LogP contribution in [0.15, 0.2) is 12.4 Å². The molecule has 5 heteroatoms. The molecule has 1 saturated carbocycles. The molecule has 26 heavy (non-hydrogen) atoms. The molecule has 0 N–H and O–H groups in total. The molecule has 3 aliphatic rings. The maximum Gasteiger partial charge on any atom is 0.222 e. The first-order chi connectivity index (χ1) is 12.6. The van der Waals surface area contributed by atoms with Crippen molar-refractivity contribution in [3.63, 3.8) is 0 Å². The van der Waals surface area contributed by atoms with E-state index in [1.54, 1.807) is 0 Å². The quantitative estimate of drug-likeness (QED) is 0.830. The van der Waals surface area contributed by atoms with E-state index in [0.717, 1.165) is 26.1 Å². The molecule has 144 valence electrons. The Hall–Kier alpha value is -1.36. The van der Waals surface area contributed by atoms with Crippen LogP contribution in [-0.4, -0.2) is 51.4 Å². The molecule has 4 rings (SSSR count). The van der Waals surface area contributed by atoms with Crippen LogP contribution < -0.4 is 0 Å². The summed E-state index contributed by atoms with van der Waals surface area (Å²) in [6.45, 7) is 5.38. The molecule has 0 atom stereocenters. The van der Waals surface area contributed by atoms with Crippen LogP contribution in [0.25, 0.3) is 0 Å². The highest BCUT2D eigenvalue weighted by Crippen LogP contribution is 2.47. The van der Waals surface area contributed by atoms with Gasteiger partial charge in [0.1, 0.15) is 5.82 Å². The number of aryl methyl sites for hydroxylation is 1. The number of rotatable bonds is 4. The van der Waals surface area contributed by atoms with Crippen molar-refractivity contribution < 1.29 is 4.79 Å². The minimum atomic E-state index is 0.424. The number of hydrogen-bond donors (Lipinski definition) is 0. The second-order valence-electron chi connectivity index (χ2n) is 8.97. The van der Waals surface area contributed by atoms with Crippen molar-refractivity contribution in [2.24, 2.45) is 18.4 Å². The minimum absolute atomic E-state index is 0.424. The first-order valence-electron chi connectivity index (χ1n) is 10.6. The van der Waals surface area contributed by atoms with Gasteiger partial charge in [0.15, 0.2) is 0 Å². The predicted octanol–water partition coefficient (Wildman–Crippen LogP) is 3.21. The van der Waals surface area contributed by atoms with Gasteiger partial charge in [0.05, 0.1) is 6.54 Å². The van der Waals surface area contributed by atoms with Crippen LogP contribution in [0.2, 0.25) is 0 Å². The summed E-state index contributed by atoms with van der Waals surface area (Å²) >= 11 is 0. The summed E-state index contributed by atoms with van der Waals surface area (Å²) in [6.07, 6.45) is 15.0. The largest absolute Gasteiger partial charge is 0.343 e. The van der Waals surface area contributed by atoms with Crippen molar-refractivity contribution in [1.82, 2.24) is 19.4 Å². The van der Waals surface area contributed by atoms with E-state index in [4.69, 9.17) is 0 Å². The second kappa shape index (κ2) is 7.71. The number of imidazole rings is 1. The number of amides is 1. The highest BCUT2D eigenvalue weighted by atomic mass is 16.2. The average Bonchev–Trinajstić information content (AvgIpc) is 3.32. The third kappa shape index (κ3) is 3.98. The number of hydrogen-bond acceptors (Lipinski definition) is 3. The molecular formula is C21H34N4O. The summed E-state index contributed by atoms with van der Waals surface area (Å²) in [4.78, 5) is 21.5. The van der Waals surface area contributed by atoms with Crippen LogP contribution in [-0.2, 0) is 18.4 Å². The van der Waals surface area contributed by atoms with Crippen LogP contribution in [0, 0.1) is 11.3 Å². The third-order valence-corrected chi connectivity index (χ3v) is 7.29. The van der Waals surface area contributed by atoms with Crippen LogP contribution in [0.5, 0.6) is 0 Å². The highest BCUT2D eigenvalue weighted by Gasteiger charge is 2.38. The van der Waals surface area contributed by atoms with Gasteiger partial charge >= 0.3 is 0 Å². The van der Waals surface area contributed by atoms with Gasteiger partial charge in [-0.3, -0.25) is 9.69 Å². The topological polar surface area (TPSA) is 41.4 Å². The molecule has 0 radical (unpaired) electrons. The highest BCUT2D eigenvalue weighted by molar-refractivity contribution is 5.76. The third-order valence-electron chi connectivity index (χ3n) is 7.29. The van der Waals surface area contributed by atoms with Crippen LogP contribution >= 0.6 is 0 Å². The molecule has 0 unspecified atom stereocenters. The van der Waals surface area contributed by atoms with E-state index in [1.807, 2.05) is 12.4 Å². The number of carbonyl (C=O) groups is 1. The van der Waals surface area contributed by atoms with Crippen molar-refractivity contribution in [2.75, 3.05) is 26.2 Å². The van der Waals surface area contributed by atoms with Gasteiger partial charge in [-0.05, 0) is 75.8 Å². The van der Waals surface area contributed by atoms with Crippen molar-refractivity contribution in [3.05, 3.63) is 18.2 Å². The van der Waals surface area contributed by atoms with E-state index < -0.39 is 0 Å². The molecular weight excluding hydrogens is 324 g/mol. The molecule has 0 aromatic carbocycles. The molecule has 1 aromatic heterocycles. The second-order valence-corrected chi connectivity index (χ2v) is 8.97. The first kappa shape index (κ1) is 18.0. The summed E-state index contributed by atoms with van der Waals surface area (Å²) in [7, 11) is 2.08. The Kier molecular flexibility index (Phi) is 5.35. The van der Waals surface area contributed by atoms with Crippen molar-refractivity contribution in [2.45, 2.75) is 64.3 Å². The average molecular weight is 359 g/mol. The van der Waals surface area contributed by atoms with E-state index in [-0.39, 0.29) is 0 Å². The fourth-order valence-electron chi connectivity index (χ4n) is 5.27. The molecule has 0 bridgehead atoms. The Morgan fingerprint density at radius 3 is 2.42 bits per heavy atom. The van der Waals surface area contributed by atoms with Gasteiger partial charge in [0.2, 0.25) is 5.91 Å². The van der Waals surface area contributed by atoms with Crippen LogP contribution in [0.4, 0.5) is 0 Å². The number of carbonyl (C=O) groups excluding carboxylic acids is 1. The minimum Gasteiger partial charge on any atom is -0.343 e. The Bertz CT molecular complexity index is 601. The fourth-order valence-corrected chi connectivity index (χ4v) is 5.27. The van der Waals surface area contributed by atoms with Crippen LogP contribution in [0.1, 0.15) is 63.6 Å². The Balaban J connectivity index is 1.22. The van der Waals surface area contributed by atoms with Gasteiger partial charge in [0.25, 0.3) is 0 Å². The number of nitrogens with zero attached hydrogens (tertiary/aromatic N) is 4. The van der Waals surface area contributed by atoms with Crippen molar-refractivity contribution in [3.8, 4) is 0 Å². The van der Waals surface area contributed by atoms with E-state index >= 15 is 0 Å². The van der Waals surface area contributed by atoms with Gasteiger partial charge in [-0.2, -0.15) is 0 Å². The molecule has 1 aliphatic carbocycles. The number of piperidine rings is 1. The summed E-state index contributed by atoms with van der Waals surface area (Å²) in [5.41, 5.74) is 0.561. The summed E-state index contributed by atoms with van der Waals surface area (Å²) in [6, 6.07) is 0. The molecule has 1 amide bonds. The van der Waals surface area contributed by atoms with Gasteiger partial charge in [0, 0.05) is 39.0 Å². The lowest BCUT2D eigenvalue weighted by atomic mass is 9.65. The molecule has 3 heterocycles. The van der Waals surface area contributed by atoms with Gasteiger partial charge in [-0.1, -0.05) is 0 Å². The van der Waals surface area contributed by atoms with E-state index in [2.05, 4.69) is 26.4 Å². The van der Waals surface area contributed by atoms with Crippen LogP contribution in [0.3, 0.4) is 0 Å². The molecule has 2 aliphatic heterocycles. The first-order valence-corrected chi connectivity index (χ1v) is 10.6. The smallest absolute Gasteiger partial charge is 0.222 e. The normalized spacial score (nSPS) is 24.4. The fraction of sp³-hybridized carbons (Fsp3) is 0.810. The van der Waals surface area contributed by atoms with Gasteiger partial charge < -0.3 is 9.47 Å². The summed E-state index contributed by atoms with van der Waals surface area (Å²) in [5, 5.41) is 0. The zero-order valence-electron chi connectivity index (χ0n) is 16.3. The van der Waals surface area contributed by atoms with Crippen molar-refractivity contribution in [1.29, 1.82) is 0 Å². The lowest BCUT2D eigenvalue weighted by Gasteiger charge is -2.46.